The van der Waals surface area contributed by atoms with E-state index in [4.69, 9.17) is 10.2 Å². The molecule has 0 aromatic heterocycles. The lowest BCUT2D eigenvalue weighted by molar-refractivity contribution is 0.475. The smallest absolute Gasteiger partial charge is 0.115 e. The SMILES string of the molecule is C.C.Oc1ccc(Cc2ccc(O)cc2)cc1. The van der Waals surface area contributed by atoms with Crippen molar-refractivity contribution >= 4 is 0 Å². The molecular formula is C15H20O2. The minimum absolute atomic E-state index is 0. The van der Waals surface area contributed by atoms with Crippen LogP contribution in [0.25, 0.3) is 0 Å². The molecule has 0 radical (unpaired) electrons. The number of hydrogen-bond acceptors (Lipinski definition) is 2. The fraction of sp³-hybridized carbons (Fsp3) is 0.200. The quantitative estimate of drug-likeness (QED) is 0.822. The highest BCUT2D eigenvalue weighted by molar-refractivity contribution is 5.32. The van der Waals surface area contributed by atoms with Gasteiger partial charge in [-0.2, -0.15) is 0 Å². The minimum atomic E-state index is 0. The number of phenols is 2. The van der Waals surface area contributed by atoms with E-state index >= 15 is 0 Å². The van der Waals surface area contributed by atoms with Crippen LogP contribution in [0.2, 0.25) is 0 Å². The van der Waals surface area contributed by atoms with E-state index in [1.54, 1.807) is 24.3 Å². The normalized spacial score (nSPS) is 8.94. The first kappa shape index (κ1) is 15.0. The van der Waals surface area contributed by atoms with Gasteiger partial charge in [0.1, 0.15) is 11.5 Å². The molecule has 0 aliphatic heterocycles. The lowest BCUT2D eigenvalue weighted by Crippen LogP contribution is -1.86. The van der Waals surface area contributed by atoms with Crippen LogP contribution in [0.5, 0.6) is 11.5 Å². The van der Waals surface area contributed by atoms with Gasteiger partial charge in [-0.1, -0.05) is 39.1 Å². The molecule has 2 nitrogen and oxygen atoms in total. The molecule has 0 aliphatic carbocycles. The summed E-state index contributed by atoms with van der Waals surface area (Å²) in [5.74, 6) is 0.564. The minimum Gasteiger partial charge on any atom is -0.508 e. The van der Waals surface area contributed by atoms with E-state index < -0.39 is 0 Å². The van der Waals surface area contributed by atoms with Gasteiger partial charge in [-0.05, 0) is 41.8 Å². The molecule has 2 aromatic rings. The first-order chi connectivity index (χ1) is 7.24. The average molecular weight is 232 g/mol. The van der Waals surface area contributed by atoms with Gasteiger partial charge in [0, 0.05) is 0 Å². The summed E-state index contributed by atoms with van der Waals surface area (Å²) < 4.78 is 0. The van der Waals surface area contributed by atoms with E-state index in [1.165, 1.54) is 0 Å². The highest BCUT2D eigenvalue weighted by atomic mass is 16.3. The van der Waals surface area contributed by atoms with E-state index in [2.05, 4.69) is 0 Å². The van der Waals surface area contributed by atoms with Gasteiger partial charge in [-0.3, -0.25) is 0 Å². The third kappa shape index (κ3) is 4.19. The molecule has 0 aliphatic rings. The maximum Gasteiger partial charge on any atom is 0.115 e. The number of benzene rings is 2. The Morgan fingerprint density at radius 2 is 0.882 bits per heavy atom. The summed E-state index contributed by atoms with van der Waals surface area (Å²) in [5, 5.41) is 18.3. The second kappa shape index (κ2) is 6.59. The van der Waals surface area contributed by atoms with Gasteiger partial charge in [0.2, 0.25) is 0 Å². The Morgan fingerprint density at radius 3 is 1.18 bits per heavy atom. The topological polar surface area (TPSA) is 40.5 Å². The Morgan fingerprint density at radius 1 is 0.588 bits per heavy atom. The Bertz CT molecular complexity index is 386. The predicted molar refractivity (Wildman–Crippen MR) is 72.5 cm³/mol. The van der Waals surface area contributed by atoms with Gasteiger partial charge in [0.05, 0.1) is 0 Å². The molecule has 17 heavy (non-hydrogen) atoms. The number of aromatic hydroxyl groups is 2. The molecule has 0 bridgehead atoms. The van der Waals surface area contributed by atoms with E-state index in [9.17, 15) is 0 Å². The summed E-state index contributed by atoms with van der Waals surface area (Å²) in [6.07, 6.45) is 0.806. The van der Waals surface area contributed by atoms with Gasteiger partial charge >= 0.3 is 0 Å². The largest absolute Gasteiger partial charge is 0.508 e. The van der Waals surface area contributed by atoms with Crippen molar-refractivity contribution in [3.05, 3.63) is 59.7 Å². The molecule has 2 heteroatoms. The Balaban J connectivity index is 0.00000128. The van der Waals surface area contributed by atoms with Crippen LogP contribution < -0.4 is 0 Å². The molecule has 0 amide bonds. The molecule has 2 N–H and O–H groups in total. The van der Waals surface area contributed by atoms with Crippen LogP contribution >= 0.6 is 0 Å². The van der Waals surface area contributed by atoms with E-state index in [1.807, 2.05) is 24.3 Å². The van der Waals surface area contributed by atoms with Crippen molar-refractivity contribution in [2.24, 2.45) is 0 Å². The van der Waals surface area contributed by atoms with Gasteiger partial charge in [0.15, 0.2) is 0 Å². The zero-order valence-corrected chi connectivity index (χ0v) is 8.22. The summed E-state index contributed by atoms with van der Waals surface area (Å²) in [6.45, 7) is 0. The van der Waals surface area contributed by atoms with E-state index in [0.717, 1.165) is 17.5 Å². The maximum atomic E-state index is 9.13. The summed E-state index contributed by atoms with van der Waals surface area (Å²) in [4.78, 5) is 0. The van der Waals surface area contributed by atoms with E-state index in [-0.39, 0.29) is 26.4 Å². The second-order valence-electron chi connectivity index (χ2n) is 3.51. The Hall–Kier alpha value is -1.96. The summed E-state index contributed by atoms with van der Waals surface area (Å²) in [6, 6.07) is 14.3. The van der Waals surface area contributed by atoms with Crippen molar-refractivity contribution in [3.63, 3.8) is 0 Å². The molecule has 2 aromatic carbocycles. The number of phenolic OH excluding ortho intramolecular Hbond substituents is 2. The van der Waals surface area contributed by atoms with Crippen molar-refractivity contribution in [3.8, 4) is 11.5 Å². The first-order valence-electron chi connectivity index (χ1n) is 4.80. The monoisotopic (exact) mass is 232 g/mol. The lowest BCUT2D eigenvalue weighted by Gasteiger charge is -2.02. The molecule has 0 spiro atoms. The molecule has 0 saturated heterocycles. The lowest BCUT2D eigenvalue weighted by atomic mass is 10.1. The van der Waals surface area contributed by atoms with Crippen LogP contribution in [0.3, 0.4) is 0 Å². The highest BCUT2D eigenvalue weighted by Gasteiger charge is 1.96. The van der Waals surface area contributed by atoms with Crippen molar-refractivity contribution in [1.29, 1.82) is 0 Å². The molecule has 0 fully saturated rings. The third-order valence-corrected chi connectivity index (χ3v) is 2.28. The van der Waals surface area contributed by atoms with Crippen LogP contribution in [0, 0.1) is 0 Å². The van der Waals surface area contributed by atoms with Gasteiger partial charge < -0.3 is 10.2 Å². The van der Waals surface area contributed by atoms with Crippen LogP contribution in [0.1, 0.15) is 26.0 Å². The zero-order valence-electron chi connectivity index (χ0n) is 8.22. The van der Waals surface area contributed by atoms with Gasteiger partial charge in [-0.15, -0.1) is 0 Å². The molecule has 0 atom stereocenters. The van der Waals surface area contributed by atoms with Crippen LogP contribution in [0.4, 0.5) is 0 Å². The van der Waals surface area contributed by atoms with Gasteiger partial charge in [0.25, 0.3) is 0 Å². The standard InChI is InChI=1S/C13H12O2.2CH4/c14-12-5-1-10(2-6-12)9-11-3-7-13(15)8-4-11;;/h1-8,14-15H,9H2;2*1H4. The Labute approximate surface area is 103 Å². The number of rotatable bonds is 2. The Kier molecular flexibility index (Phi) is 5.83. The van der Waals surface area contributed by atoms with Crippen LogP contribution in [0.15, 0.2) is 48.5 Å². The zero-order chi connectivity index (χ0) is 10.7. The second-order valence-corrected chi connectivity index (χ2v) is 3.51. The van der Waals surface area contributed by atoms with Crippen molar-refractivity contribution in [2.45, 2.75) is 21.3 Å². The first-order valence-corrected chi connectivity index (χ1v) is 4.80. The average Bonchev–Trinajstić information content (AvgIpc) is 2.25. The maximum absolute atomic E-state index is 9.13. The van der Waals surface area contributed by atoms with Crippen molar-refractivity contribution in [2.75, 3.05) is 0 Å². The molecule has 2 rings (SSSR count). The molecule has 92 valence electrons. The summed E-state index contributed by atoms with van der Waals surface area (Å²) >= 11 is 0. The highest BCUT2D eigenvalue weighted by Crippen LogP contribution is 2.15. The van der Waals surface area contributed by atoms with Crippen LogP contribution in [-0.2, 0) is 6.42 Å². The van der Waals surface area contributed by atoms with E-state index in [0.29, 0.717) is 0 Å². The third-order valence-electron chi connectivity index (χ3n) is 2.28. The molecule has 0 heterocycles. The molecule has 0 saturated carbocycles. The fourth-order valence-corrected chi connectivity index (χ4v) is 1.46. The van der Waals surface area contributed by atoms with Crippen LogP contribution in [-0.4, -0.2) is 10.2 Å². The van der Waals surface area contributed by atoms with Crippen molar-refractivity contribution < 1.29 is 10.2 Å². The van der Waals surface area contributed by atoms with Gasteiger partial charge in [-0.25, -0.2) is 0 Å². The fourth-order valence-electron chi connectivity index (χ4n) is 1.46. The van der Waals surface area contributed by atoms with Crippen molar-refractivity contribution in [1.82, 2.24) is 0 Å². The predicted octanol–water partition coefficient (Wildman–Crippen LogP) is 3.96. The summed E-state index contributed by atoms with van der Waals surface area (Å²) in [7, 11) is 0. The molecule has 0 unspecified atom stereocenters. The number of hydrogen-bond donors (Lipinski definition) is 2. The molecular weight excluding hydrogens is 212 g/mol. The summed E-state index contributed by atoms with van der Waals surface area (Å²) in [5.41, 5.74) is 2.27.